The smallest absolute Gasteiger partial charge is 0.234 e. The molecular formula is C12H24N4O. The van der Waals surface area contributed by atoms with Gasteiger partial charge in [-0.25, -0.2) is 0 Å². The van der Waals surface area contributed by atoms with E-state index in [9.17, 15) is 4.79 Å². The van der Waals surface area contributed by atoms with Crippen LogP contribution < -0.4 is 10.6 Å². The maximum Gasteiger partial charge on any atom is 0.234 e. The Morgan fingerprint density at radius 2 is 2.00 bits per heavy atom. The quantitative estimate of drug-likeness (QED) is 0.654. The van der Waals surface area contributed by atoms with E-state index in [1.807, 2.05) is 0 Å². The molecule has 0 aromatic carbocycles. The highest BCUT2D eigenvalue weighted by Gasteiger charge is 2.27. The van der Waals surface area contributed by atoms with Crippen molar-refractivity contribution in [1.29, 1.82) is 0 Å². The fraction of sp³-hybridized carbons (Fsp3) is 0.917. The first-order chi connectivity index (χ1) is 8.29. The van der Waals surface area contributed by atoms with Gasteiger partial charge in [-0.1, -0.05) is 6.92 Å². The molecule has 0 spiro atoms. The molecule has 2 rings (SSSR count). The molecule has 2 aliphatic rings. The molecule has 0 aliphatic carbocycles. The van der Waals surface area contributed by atoms with Crippen LogP contribution in [0.2, 0.25) is 0 Å². The fourth-order valence-electron chi connectivity index (χ4n) is 2.34. The summed E-state index contributed by atoms with van der Waals surface area (Å²) in [7, 11) is 0. The number of carbonyl (C=O) groups is 1. The van der Waals surface area contributed by atoms with Gasteiger partial charge in [0.15, 0.2) is 0 Å². The first kappa shape index (κ1) is 12.8. The topological polar surface area (TPSA) is 47.6 Å². The summed E-state index contributed by atoms with van der Waals surface area (Å²) < 4.78 is 0. The molecule has 98 valence electrons. The van der Waals surface area contributed by atoms with Gasteiger partial charge in [-0.05, 0) is 6.42 Å². The summed E-state index contributed by atoms with van der Waals surface area (Å²) in [6.07, 6.45) is 1.01. The van der Waals surface area contributed by atoms with Crippen molar-refractivity contribution in [2.24, 2.45) is 0 Å². The zero-order valence-electron chi connectivity index (χ0n) is 10.7. The summed E-state index contributed by atoms with van der Waals surface area (Å²) in [5.74, 6) is 0.172. The second-order valence-electron chi connectivity index (χ2n) is 4.97. The van der Waals surface area contributed by atoms with E-state index in [2.05, 4.69) is 27.4 Å². The lowest BCUT2D eigenvalue weighted by Gasteiger charge is -2.43. The van der Waals surface area contributed by atoms with E-state index in [1.165, 1.54) is 0 Å². The largest absolute Gasteiger partial charge is 0.355 e. The molecule has 5 heteroatoms. The Morgan fingerprint density at radius 3 is 2.53 bits per heavy atom. The SMILES string of the molecule is CCCNC(=O)CN1CCN(C2CNC2)CC1. The van der Waals surface area contributed by atoms with E-state index < -0.39 is 0 Å². The van der Waals surface area contributed by atoms with Gasteiger partial charge in [0.1, 0.15) is 0 Å². The Hall–Kier alpha value is -0.650. The number of nitrogens with zero attached hydrogens (tertiary/aromatic N) is 2. The molecule has 2 fully saturated rings. The van der Waals surface area contributed by atoms with Crippen LogP contribution in [0.5, 0.6) is 0 Å². The molecule has 0 atom stereocenters. The normalized spacial score (nSPS) is 23.4. The monoisotopic (exact) mass is 240 g/mol. The zero-order valence-corrected chi connectivity index (χ0v) is 10.7. The highest BCUT2D eigenvalue weighted by molar-refractivity contribution is 5.77. The molecular weight excluding hydrogens is 216 g/mol. The van der Waals surface area contributed by atoms with Crippen LogP contribution in [-0.4, -0.2) is 74.1 Å². The number of piperazine rings is 1. The first-order valence-corrected chi connectivity index (χ1v) is 6.73. The summed E-state index contributed by atoms with van der Waals surface area (Å²) in [5, 5.41) is 6.24. The van der Waals surface area contributed by atoms with Crippen molar-refractivity contribution >= 4 is 5.91 Å². The minimum Gasteiger partial charge on any atom is -0.355 e. The van der Waals surface area contributed by atoms with E-state index in [4.69, 9.17) is 0 Å². The molecule has 2 aliphatic heterocycles. The molecule has 0 saturated carbocycles. The van der Waals surface area contributed by atoms with Crippen LogP contribution in [-0.2, 0) is 4.79 Å². The molecule has 2 saturated heterocycles. The van der Waals surface area contributed by atoms with Gasteiger partial charge in [-0.3, -0.25) is 14.6 Å². The zero-order chi connectivity index (χ0) is 12.1. The number of hydrogen-bond acceptors (Lipinski definition) is 4. The van der Waals surface area contributed by atoms with E-state index in [1.54, 1.807) is 0 Å². The van der Waals surface area contributed by atoms with E-state index >= 15 is 0 Å². The Bertz CT molecular complexity index is 247. The van der Waals surface area contributed by atoms with Gasteiger partial charge < -0.3 is 10.6 Å². The van der Waals surface area contributed by atoms with Gasteiger partial charge >= 0.3 is 0 Å². The van der Waals surface area contributed by atoms with Gasteiger partial charge in [0, 0.05) is 51.9 Å². The Morgan fingerprint density at radius 1 is 1.29 bits per heavy atom. The van der Waals surface area contributed by atoms with Crippen LogP contribution in [0, 0.1) is 0 Å². The second-order valence-corrected chi connectivity index (χ2v) is 4.97. The van der Waals surface area contributed by atoms with Crippen LogP contribution in [0.3, 0.4) is 0 Å². The first-order valence-electron chi connectivity index (χ1n) is 6.73. The molecule has 0 aromatic rings. The maximum absolute atomic E-state index is 11.6. The maximum atomic E-state index is 11.6. The van der Waals surface area contributed by atoms with Gasteiger partial charge in [0.05, 0.1) is 6.54 Å². The number of amides is 1. The fourth-order valence-corrected chi connectivity index (χ4v) is 2.34. The van der Waals surface area contributed by atoms with Crippen molar-refractivity contribution in [3.63, 3.8) is 0 Å². The summed E-state index contributed by atoms with van der Waals surface area (Å²) in [6, 6.07) is 0.742. The molecule has 2 N–H and O–H groups in total. The third kappa shape index (κ3) is 3.66. The average Bonchev–Trinajstić information content (AvgIpc) is 2.27. The van der Waals surface area contributed by atoms with E-state index in [-0.39, 0.29) is 5.91 Å². The standard InChI is InChI=1S/C12H24N4O/c1-2-3-14-12(17)10-15-4-6-16(7-5-15)11-8-13-9-11/h11,13H,2-10H2,1H3,(H,14,17). The summed E-state index contributed by atoms with van der Waals surface area (Å²) in [6.45, 7) is 9.97. The van der Waals surface area contributed by atoms with Crippen molar-refractivity contribution < 1.29 is 4.79 Å². The highest BCUT2D eigenvalue weighted by atomic mass is 16.2. The lowest BCUT2D eigenvalue weighted by molar-refractivity contribution is -0.122. The molecule has 5 nitrogen and oxygen atoms in total. The Kier molecular flexibility index (Phi) is 4.76. The predicted molar refractivity (Wildman–Crippen MR) is 68.0 cm³/mol. The minimum atomic E-state index is 0.172. The molecule has 0 unspecified atom stereocenters. The molecule has 2 heterocycles. The lowest BCUT2D eigenvalue weighted by Crippen LogP contribution is -2.62. The number of hydrogen-bond donors (Lipinski definition) is 2. The molecule has 0 bridgehead atoms. The molecule has 0 aromatic heterocycles. The van der Waals surface area contributed by atoms with Gasteiger partial charge in [0.2, 0.25) is 5.91 Å². The second kappa shape index (κ2) is 6.33. The number of carbonyl (C=O) groups excluding carboxylic acids is 1. The summed E-state index contributed by atoms with van der Waals surface area (Å²) >= 11 is 0. The van der Waals surface area contributed by atoms with Crippen molar-refractivity contribution in [3.8, 4) is 0 Å². The molecule has 17 heavy (non-hydrogen) atoms. The minimum absolute atomic E-state index is 0.172. The third-order valence-corrected chi connectivity index (χ3v) is 3.62. The predicted octanol–water partition coefficient (Wildman–Crippen LogP) is -0.898. The lowest BCUT2D eigenvalue weighted by atomic mass is 10.1. The van der Waals surface area contributed by atoms with Crippen molar-refractivity contribution in [3.05, 3.63) is 0 Å². The summed E-state index contributed by atoms with van der Waals surface area (Å²) in [4.78, 5) is 16.4. The van der Waals surface area contributed by atoms with E-state index in [0.717, 1.165) is 58.3 Å². The number of rotatable bonds is 5. The Labute approximate surface area is 104 Å². The molecule has 0 radical (unpaired) electrons. The number of nitrogens with one attached hydrogen (secondary N) is 2. The Balaban J connectivity index is 1.62. The van der Waals surface area contributed by atoms with Gasteiger partial charge in [-0.2, -0.15) is 0 Å². The van der Waals surface area contributed by atoms with Crippen LogP contribution in [0.15, 0.2) is 0 Å². The van der Waals surface area contributed by atoms with E-state index in [0.29, 0.717) is 6.54 Å². The molecule has 1 amide bonds. The van der Waals surface area contributed by atoms with Crippen molar-refractivity contribution in [1.82, 2.24) is 20.4 Å². The van der Waals surface area contributed by atoms with Crippen LogP contribution in [0.4, 0.5) is 0 Å². The van der Waals surface area contributed by atoms with Crippen LogP contribution >= 0.6 is 0 Å². The van der Waals surface area contributed by atoms with Crippen molar-refractivity contribution in [2.75, 3.05) is 52.4 Å². The van der Waals surface area contributed by atoms with Crippen LogP contribution in [0.25, 0.3) is 0 Å². The van der Waals surface area contributed by atoms with Crippen LogP contribution in [0.1, 0.15) is 13.3 Å². The van der Waals surface area contributed by atoms with Gasteiger partial charge in [-0.15, -0.1) is 0 Å². The highest BCUT2D eigenvalue weighted by Crippen LogP contribution is 2.09. The summed E-state index contributed by atoms with van der Waals surface area (Å²) in [5.41, 5.74) is 0. The average molecular weight is 240 g/mol. The van der Waals surface area contributed by atoms with Gasteiger partial charge in [0.25, 0.3) is 0 Å². The third-order valence-electron chi connectivity index (χ3n) is 3.62. The van der Waals surface area contributed by atoms with Crippen molar-refractivity contribution in [2.45, 2.75) is 19.4 Å².